The van der Waals surface area contributed by atoms with Crippen LogP contribution in [-0.2, 0) is 9.36 Å². The Kier molecular flexibility index (Phi) is 8.45. The normalized spacial score (nSPS) is 12.2. The quantitative estimate of drug-likeness (QED) is 0.200. The number of benzene rings is 2. The van der Waals surface area contributed by atoms with Crippen molar-refractivity contribution in [3.05, 3.63) is 56.5 Å². The predicted octanol–water partition coefficient (Wildman–Crippen LogP) is 5.65. The van der Waals surface area contributed by atoms with Crippen LogP contribution in [0.1, 0.15) is 0 Å². The molecule has 0 saturated carbocycles. The fraction of sp³-hybridized carbons (Fsp3) is 0.133. The SMILES string of the molecule is O=C(O)CNC(Sc1cc(Cl)ccc1Cl)(Sc1cc(Cl)ccc1Cl)P(=O)(O)O. The van der Waals surface area contributed by atoms with Crippen molar-refractivity contribution in [3.63, 3.8) is 0 Å². The number of carboxylic acids is 1. The van der Waals surface area contributed by atoms with Crippen molar-refractivity contribution in [1.82, 2.24) is 5.32 Å². The highest BCUT2D eigenvalue weighted by Gasteiger charge is 2.50. The van der Waals surface area contributed by atoms with E-state index in [0.717, 1.165) is 0 Å². The second-order valence-corrected chi connectivity index (χ2v) is 12.0. The minimum absolute atomic E-state index is 0.183. The van der Waals surface area contributed by atoms with Crippen LogP contribution in [0.25, 0.3) is 0 Å². The number of carboxylic acid groups (broad SMARTS) is 1. The van der Waals surface area contributed by atoms with E-state index in [1.54, 1.807) is 0 Å². The Labute approximate surface area is 189 Å². The molecule has 0 radical (unpaired) electrons. The third-order valence-corrected chi connectivity index (χ3v) is 9.84. The predicted molar refractivity (Wildman–Crippen MR) is 115 cm³/mol. The molecule has 0 aliphatic heterocycles. The largest absolute Gasteiger partial charge is 0.480 e. The van der Waals surface area contributed by atoms with Gasteiger partial charge < -0.3 is 14.9 Å². The second kappa shape index (κ2) is 9.79. The van der Waals surface area contributed by atoms with Gasteiger partial charge in [0.15, 0.2) is 0 Å². The van der Waals surface area contributed by atoms with Crippen molar-refractivity contribution >= 4 is 83.5 Å². The van der Waals surface area contributed by atoms with Crippen molar-refractivity contribution in [2.24, 2.45) is 0 Å². The number of hydrogen-bond donors (Lipinski definition) is 4. The molecule has 0 atom stereocenters. The molecular formula is C15H12Cl4NO5PS2. The first-order valence-electron chi connectivity index (χ1n) is 7.24. The average molecular weight is 523 g/mol. The van der Waals surface area contributed by atoms with E-state index in [0.29, 0.717) is 23.5 Å². The van der Waals surface area contributed by atoms with Gasteiger partial charge in [0.2, 0.25) is 3.94 Å². The van der Waals surface area contributed by atoms with Gasteiger partial charge in [0, 0.05) is 19.8 Å². The maximum absolute atomic E-state index is 12.5. The van der Waals surface area contributed by atoms with Crippen molar-refractivity contribution in [3.8, 4) is 0 Å². The number of thioether (sulfide) groups is 2. The first-order chi connectivity index (χ1) is 12.9. The monoisotopic (exact) mass is 521 g/mol. The number of carbonyl (C=O) groups is 1. The topological polar surface area (TPSA) is 107 Å². The fourth-order valence-electron chi connectivity index (χ4n) is 1.91. The van der Waals surface area contributed by atoms with E-state index in [2.05, 4.69) is 5.32 Å². The minimum atomic E-state index is -5.02. The maximum atomic E-state index is 12.5. The smallest absolute Gasteiger partial charge is 0.366 e. The molecule has 28 heavy (non-hydrogen) atoms. The molecule has 2 aromatic carbocycles. The molecule has 6 nitrogen and oxygen atoms in total. The van der Waals surface area contributed by atoms with E-state index in [1.807, 2.05) is 0 Å². The van der Waals surface area contributed by atoms with Crippen LogP contribution in [0.15, 0.2) is 46.2 Å². The van der Waals surface area contributed by atoms with Crippen LogP contribution in [-0.4, -0.2) is 31.4 Å². The zero-order chi connectivity index (χ0) is 21.1. The molecule has 0 amide bonds. The summed E-state index contributed by atoms with van der Waals surface area (Å²) in [5, 5.41) is 12.4. The Morgan fingerprint density at radius 2 is 1.39 bits per heavy atom. The summed E-state index contributed by atoms with van der Waals surface area (Å²) in [6.07, 6.45) is 0. The molecule has 0 saturated heterocycles. The molecule has 0 spiro atoms. The molecule has 0 unspecified atom stereocenters. The molecule has 2 rings (SSSR count). The zero-order valence-electron chi connectivity index (χ0n) is 13.6. The van der Waals surface area contributed by atoms with Crippen LogP contribution in [0, 0.1) is 0 Å². The van der Waals surface area contributed by atoms with Gasteiger partial charge >= 0.3 is 13.6 Å². The lowest BCUT2D eigenvalue weighted by molar-refractivity contribution is -0.135. The highest BCUT2D eigenvalue weighted by atomic mass is 35.5. The van der Waals surface area contributed by atoms with Crippen LogP contribution in [0.2, 0.25) is 20.1 Å². The van der Waals surface area contributed by atoms with Crippen LogP contribution >= 0.6 is 77.5 Å². The Bertz CT molecular complexity index is 889. The van der Waals surface area contributed by atoms with Gasteiger partial charge in [-0.05, 0) is 36.4 Å². The van der Waals surface area contributed by atoms with E-state index in [4.69, 9.17) is 51.5 Å². The van der Waals surface area contributed by atoms with Crippen LogP contribution in [0.3, 0.4) is 0 Å². The molecule has 0 heterocycles. The van der Waals surface area contributed by atoms with Crippen molar-refractivity contribution in [2.75, 3.05) is 6.54 Å². The molecule has 2 aromatic rings. The molecule has 13 heteroatoms. The van der Waals surface area contributed by atoms with Crippen molar-refractivity contribution < 1.29 is 24.3 Å². The Balaban J connectivity index is 2.59. The highest BCUT2D eigenvalue weighted by Crippen LogP contribution is 2.65. The molecule has 0 aliphatic rings. The van der Waals surface area contributed by atoms with E-state index >= 15 is 0 Å². The Morgan fingerprint density at radius 3 is 1.75 bits per heavy atom. The number of halogens is 4. The Hall–Kier alpha value is -0.120. The van der Waals surface area contributed by atoms with Crippen LogP contribution in [0.4, 0.5) is 0 Å². The van der Waals surface area contributed by atoms with Crippen LogP contribution < -0.4 is 5.32 Å². The zero-order valence-corrected chi connectivity index (χ0v) is 19.2. The first-order valence-corrected chi connectivity index (χ1v) is 12.0. The molecular weight excluding hydrogens is 511 g/mol. The fourth-order valence-corrected chi connectivity index (χ4v) is 6.97. The van der Waals surface area contributed by atoms with Crippen molar-refractivity contribution in [1.29, 1.82) is 0 Å². The van der Waals surface area contributed by atoms with Gasteiger partial charge in [0.25, 0.3) is 0 Å². The van der Waals surface area contributed by atoms with Crippen molar-refractivity contribution in [2.45, 2.75) is 13.7 Å². The lowest BCUT2D eigenvalue weighted by Gasteiger charge is -2.34. The van der Waals surface area contributed by atoms with Gasteiger partial charge in [0.05, 0.1) is 16.6 Å². The Morgan fingerprint density at radius 1 is 0.964 bits per heavy atom. The molecule has 0 bridgehead atoms. The first kappa shape index (κ1) is 24.2. The highest BCUT2D eigenvalue weighted by molar-refractivity contribution is 8.25. The third-order valence-electron chi connectivity index (χ3n) is 3.13. The van der Waals surface area contributed by atoms with E-state index < -0.39 is 24.1 Å². The summed E-state index contributed by atoms with van der Waals surface area (Å²) in [6.45, 7) is -0.735. The lowest BCUT2D eigenvalue weighted by Crippen LogP contribution is -2.41. The van der Waals surface area contributed by atoms with E-state index in [-0.39, 0.29) is 29.9 Å². The summed E-state index contributed by atoms with van der Waals surface area (Å²) in [5.74, 6) is -1.31. The average Bonchev–Trinajstić information content (AvgIpc) is 2.58. The number of nitrogens with one attached hydrogen (secondary N) is 1. The number of rotatable bonds is 8. The number of hydrogen-bond acceptors (Lipinski definition) is 5. The van der Waals surface area contributed by atoms with Crippen LogP contribution in [0.5, 0.6) is 0 Å². The molecule has 4 N–H and O–H groups in total. The summed E-state index contributed by atoms with van der Waals surface area (Å²) in [6, 6.07) is 8.79. The summed E-state index contributed by atoms with van der Waals surface area (Å²) in [4.78, 5) is 31.9. The number of aliphatic carboxylic acids is 1. The van der Waals surface area contributed by atoms with Gasteiger partial charge in [0.1, 0.15) is 0 Å². The minimum Gasteiger partial charge on any atom is -0.480 e. The van der Waals surface area contributed by atoms with Gasteiger partial charge in [-0.2, -0.15) is 0 Å². The summed E-state index contributed by atoms with van der Waals surface area (Å²) in [7, 11) is -5.02. The molecule has 152 valence electrons. The van der Waals surface area contributed by atoms with Gasteiger partial charge in [-0.1, -0.05) is 69.9 Å². The second-order valence-electron chi connectivity index (χ2n) is 5.23. The third kappa shape index (κ3) is 6.19. The molecule has 0 fully saturated rings. The summed E-state index contributed by atoms with van der Waals surface area (Å²) < 4.78 is 10.3. The maximum Gasteiger partial charge on any atom is 0.366 e. The van der Waals surface area contributed by atoms with Gasteiger partial charge in [-0.25, -0.2) is 0 Å². The standard InChI is InChI=1S/C15H12Cl4NO5PS2/c16-8-1-3-10(18)12(5-8)27-15(26(23,24)25,20-7-14(21)22)28-13-6-9(17)2-4-11(13)19/h1-6,20H,7H2,(H,21,22)(H2,23,24,25). The van der Waals surface area contributed by atoms with E-state index in [1.165, 1.54) is 36.4 Å². The molecule has 0 aromatic heterocycles. The van der Waals surface area contributed by atoms with Gasteiger partial charge in [-0.3, -0.25) is 14.7 Å². The summed E-state index contributed by atoms with van der Waals surface area (Å²) in [5.41, 5.74) is 0. The molecule has 0 aliphatic carbocycles. The van der Waals surface area contributed by atoms with E-state index in [9.17, 15) is 19.1 Å². The summed E-state index contributed by atoms with van der Waals surface area (Å²) >= 11 is 25.5. The van der Waals surface area contributed by atoms with Gasteiger partial charge in [-0.15, -0.1) is 0 Å². The lowest BCUT2D eigenvalue weighted by atomic mass is 10.4.